The Bertz CT molecular complexity index is 437. The number of nitrogens with one attached hydrogen (secondary N) is 1. The lowest BCUT2D eigenvalue weighted by molar-refractivity contribution is 0.302. The number of hydrogen-bond acceptors (Lipinski definition) is 1. The first-order valence-electron chi connectivity index (χ1n) is 9.06. The largest absolute Gasteiger partial charge is 0.310 e. The van der Waals surface area contributed by atoms with Crippen LogP contribution in [0, 0.1) is 11.8 Å². The zero-order valence-electron chi connectivity index (χ0n) is 14.4. The summed E-state index contributed by atoms with van der Waals surface area (Å²) in [7, 11) is 0. The van der Waals surface area contributed by atoms with Crippen LogP contribution in [-0.2, 0) is 12.8 Å². The molecular formula is C20H33N. The summed E-state index contributed by atoms with van der Waals surface area (Å²) < 4.78 is 0. The molecule has 3 unspecified atom stereocenters. The maximum Gasteiger partial charge on any atom is 0.0351 e. The molecule has 1 saturated carbocycles. The summed E-state index contributed by atoms with van der Waals surface area (Å²) in [5.41, 5.74) is 4.59. The summed E-state index contributed by atoms with van der Waals surface area (Å²) in [4.78, 5) is 0. The minimum absolute atomic E-state index is 0.554. The summed E-state index contributed by atoms with van der Waals surface area (Å²) in [6.45, 7) is 10.4. The average Bonchev–Trinajstić information content (AvgIpc) is 2.93. The van der Waals surface area contributed by atoms with E-state index in [9.17, 15) is 0 Å². The molecule has 21 heavy (non-hydrogen) atoms. The third kappa shape index (κ3) is 3.88. The van der Waals surface area contributed by atoms with E-state index >= 15 is 0 Å². The van der Waals surface area contributed by atoms with Gasteiger partial charge in [0, 0.05) is 6.04 Å². The van der Waals surface area contributed by atoms with Crippen LogP contribution in [0.4, 0.5) is 0 Å². The van der Waals surface area contributed by atoms with Crippen LogP contribution >= 0.6 is 0 Å². The topological polar surface area (TPSA) is 12.0 Å². The van der Waals surface area contributed by atoms with Gasteiger partial charge in [-0.2, -0.15) is 0 Å². The molecule has 2 rings (SSSR count). The van der Waals surface area contributed by atoms with Crippen molar-refractivity contribution in [2.24, 2.45) is 11.8 Å². The first-order chi connectivity index (χ1) is 10.2. The Morgan fingerprint density at radius 3 is 2.43 bits per heavy atom. The molecule has 1 N–H and O–H groups in total. The van der Waals surface area contributed by atoms with E-state index in [-0.39, 0.29) is 0 Å². The molecule has 0 amide bonds. The van der Waals surface area contributed by atoms with Crippen molar-refractivity contribution in [1.82, 2.24) is 5.32 Å². The van der Waals surface area contributed by atoms with E-state index in [4.69, 9.17) is 0 Å². The molecule has 118 valence electrons. The second kappa shape index (κ2) is 7.98. The summed E-state index contributed by atoms with van der Waals surface area (Å²) in [5.74, 6) is 1.67. The van der Waals surface area contributed by atoms with Gasteiger partial charge in [-0.3, -0.25) is 0 Å². The maximum atomic E-state index is 3.85. The van der Waals surface area contributed by atoms with Gasteiger partial charge in [0.15, 0.2) is 0 Å². The Balaban J connectivity index is 2.27. The summed E-state index contributed by atoms with van der Waals surface area (Å²) >= 11 is 0. The zero-order chi connectivity index (χ0) is 15.2. The molecule has 1 aliphatic rings. The van der Waals surface area contributed by atoms with Crippen LogP contribution in [0.5, 0.6) is 0 Å². The molecule has 0 heterocycles. The quantitative estimate of drug-likeness (QED) is 0.718. The molecular weight excluding hydrogens is 254 g/mol. The highest BCUT2D eigenvalue weighted by Crippen LogP contribution is 2.40. The number of benzene rings is 1. The van der Waals surface area contributed by atoms with E-state index in [1.54, 1.807) is 5.56 Å². The van der Waals surface area contributed by atoms with Crippen molar-refractivity contribution in [1.29, 1.82) is 0 Å². The van der Waals surface area contributed by atoms with Crippen molar-refractivity contribution < 1.29 is 0 Å². The lowest BCUT2D eigenvalue weighted by Gasteiger charge is -2.29. The molecule has 1 heteroatoms. The standard InChI is InChI=1S/C20H33N/c1-5-13-21-20(19-10-8-9-15(19)4)18-12-11-16(6-2)17(7-3)14-18/h11-12,14-15,19-21H,5-10,13H2,1-4H3. The Hall–Kier alpha value is -0.820. The predicted molar refractivity (Wildman–Crippen MR) is 92.7 cm³/mol. The number of rotatable bonds is 7. The Morgan fingerprint density at radius 2 is 1.86 bits per heavy atom. The van der Waals surface area contributed by atoms with E-state index in [0.717, 1.165) is 31.2 Å². The smallest absolute Gasteiger partial charge is 0.0351 e. The first-order valence-corrected chi connectivity index (χ1v) is 9.06. The van der Waals surface area contributed by atoms with Crippen molar-refractivity contribution in [2.45, 2.75) is 72.3 Å². The molecule has 1 aromatic carbocycles. The van der Waals surface area contributed by atoms with E-state index in [1.165, 1.54) is 36.8 Å². The van der Waals surface area contributed by atoms with Gasteiger partial charge in [0.2, 0.25) is 0 Å². The van der Waals surface area contributed by atoms with Crippen molar-refractivity contribution in [3.63, 3.8) is 0 Å². The molecule has 1 aromatic rings. The average molecular weight is 287 g/mol. The minimum atomic E-state index is 0.554. The van der Waals surface area contributed by atoms with Gasteiger partial charge in [0.25, 0.3) is 0 Å². The minimum Gasteiger partial charge on any atom is -0.310 e. The molecule has 0 radical (unpaired) electrons. The molecule has 0 spiro atoms. The molecule has 0 aromatic heterocycles. The summed E-state index contributed by atoms with van der Waals surface area (Å²) in [5, 5.41) is 3.85. The molecule has 3 atom stereocenters. The fourth-order valence-electron chi connectivity index (χ4n) is 4.00. The highest BCUT2D eigenvalue weighted by molar-refractivity contribution is 5.34. The Labute approximate surface area is 131 Å². The van der Waals surface area contributed by atoms with Gasteiger partial charge in [0.05, 0.1) is 0 Å². The first kappa shape index (κ1) is 16.5. The van der Waals surface area contributed by atoms with Crippen LogP contribution in [0.1, 0.15) is 76.1 Å². The highest BCUT2D eigenvalue weighted by Gasteiger charge is 2.31. The number of aryl methyl sites for hydroxylation is 2. The van der Waals surface area contributed by atoms with Crippen molar-refractivity contribution in [3.8, 4) is 0 Å². The van der Waals surface area contributed by atoms with E-state index in [0.29, 0.717) is 6.04 Å². The molecule has 0 aliphatic heterocycles. The van der Waals surface area contributed by atoms with Crippen LogP contribution in [-0.4, -0.2) is 6.54 Å². The Morgan fingerprint density at radius 1 is 1.10 bits per heavy atom. The van der Waals surface area contributed by atoms with Gasteiger partial charge in [-0.05, 0) is 60.8 Å². The predicted octanol–water partition coefficient (Wildman–Crippen LogP) is 5.29. The van der Waals surface area contributed by atoms with Crippen LogP contribution in [0.25, 0.3) is 0 Å². The van der Waals surface area contributed by atoms with Crippen LogP contribution in [0.3, 0.4) is 0 Å². The fourth-order valence-corrected chi connectivity index (χ4v) is 4.00. The van der Waals surface area contributed by atoms with Gasteiger partial charge < -0.3 is 5.32 Å². The zero-order valence-corrected chi connectivity index (χ0v) is 14.4. The fraction of sp³-hybridized carbons (Fsp3) is 0.700. The lowest BCUT2D eigenvalue weighted by Crippen LogP contribution is -2.30. The van der Waals surface area contributed by atoms with Gasteiger partial charge in [-0.25, -0.2) is 0 Å². The molecule has 1 nitrogen and oxygen atoms in total. The maximum absolute atomic E-state index is 3.85. The summed E-state index contributed by atoms with van der Waals surface area (Å²) in [6, 6.07) is 7.79. The van der Waals surface area contributed by atoms with Gasteiger partial charge in [-0.1, -0.05) is 58.7 Å². The Kier molecular flexibility index (Phi) is 6.29. The highest BCUT2D eigenvalue weighted by atomic mass is 14.9. The number of hydrogen-bond donors (Lipinski definition) is 1. The van der Waals surface area contributed by atoms with E-state index in [1.807, 2.05) is 0 Å². The third-order valence-corrected chi connectivity index (χ3v) is 5.32. The van der Waals surface area contributed by atoms with Crippen molar-refractivity contribution in [3.05, 3.63) is 34.9 Å². The van der Waals surface area contributed by atoms with Crippen LogP contribution < -0.4 is 5.32 Å². The SMILES string of the molecule is CCCNC(c1ccc(CC)c(CC)c1)C1CCCC1C. The normalized spacial score (nSPS) is 23.4. The molecule has 1 fully saturated rings. The molecule has 1 aliphatic carbocycles. The van der Waals surface area contributed by atoms with E-state index < -0.39 is 0 Å². The molecule has 0 bridgehead atoms. The second-order valence-corrected chi connectivity index (χ2v) is 6.74. The summed E-state index contributed by atoms with van der Waals surface area (Å²) in [6.07, 6.45) is 7.71. The van der Waals surface area contributed by atoms with Crippen LogP contribution in [0.2, 0.25) is 0 Å². The van der Waals surface area contributed by atoms with Crippen molar-refractivity contribution >= 4 is 0 Å². The second-order valence-electron chi connectivity index (χ2n) is 6.74. The molecule has 0 saturated heterocycles. The lowest BCUT2D eigenvalue weighted by atomic mass is 9.84. The van der Waals surface area contributed by atoms with Crippen LogP contribution in [0.15, 0.2) is 18.2 Å². The van der Waals surface area contributed by atoms with Gasteiger partial charge in [-0.15, -0.1) is 0 Å². The third-order valence-electron chi connectivity index (χ3n) is 5.32. The van der Waals surface area contributed by atoms with E-state index in [2.05, 4.69) is 51.2 Å². The van der Waals surface area contributed by atoms with Gasteiger partial charge >= 0.3 is 0 Å². The van der Waals surface area contributed by atoms with Gasteiger partial charge in [0.1, 0.15) is 0 Å². The monoisotopic (exact) mass is 287 g/mol. The van der Waals surface area contributed by atoms with Crippen molar-refractivity contribution in [2.75, 3.05) is 6.54 Å².